The molecule has 2 amide bonds. The second-order valence-corrected chi connectivity index (χ2v) is 6.20. The van der Waals surface area contributed by atoms with Gasteiger partial charge in [-0.2, -0.15) is 0 Å². The molecule has 3 aromatic rings. The summed E-state index contributed by atoms with van der Waals surface area (Å²) in [5.74, 6) is -0.941. The highest BCUT2D eigenvalue weighted by Gasteiger charge is 2.22. The molecule has 0 aliphatic heterocycles. The van der Waals surface area contributed by atoms with Crippen molar-refractivity contribution in [2.45, 2.75) is 6.42 Å². The lowest BCUT2D eigenvalue weighted by molar-refractivity contribution is -0.117. The topological polar surface area (TPSA) is 76.5 Å². The average Bonchev–Trinajstić information content (AvgIpc) is 3.13. The number of benzene rings is 2. The predicted molar refractivity (Wildman–Crippen MR) is 101 cm³/mol. The van der Waals surface area contributed by atoms with Gasteiger partial charge in [0, 0.05) is 24.2 Å². The summed E-state index contributed by atoms with van der Waals surface area (Å²) in [7, 11) is 0. The lowest BCUT2D eigenvalue weighted by Gasteiger charge is -2.21. The summed E-state index contributed by atoms with van der Waals surface area (Å²) in [5.41, 5.74) is 6.29. The number of hydrogen-bond acceptors (Lipinski definition) is 3. The van der Waals surface area contributed by atoms with Crippen LogP contribution in [-0.2, 0) is 4.79 Å². The minimum Gasteiger partial charge on any atom is -0.451 e. The molecule has 0 spiro atoms. The van der Waals surface area contributed by atoms with Crippen molar-refractivity contribution in [2.75, 3.05) is 11.4 Å². The molecule has 0 aliphatic rings. The zero-order valence-electron chi connectivity index (χ0n) is 14.2. The fourth-order valence-electron chi connectivity index (χ4n) is 2.58. The lowest BCUT2D eigenvalue weighted by atomic mass is 10.2. The molecule has 2 N–H and O–H groups in total. The first kappa shape index (κ1) is 18.7. The number of nitrogens with zero attached hydrogens (tertiary/aromatic N) is 1. The number of carbonyl (C=O) groups is 2. The maximum Gasteiger partial charge on any atom is 0.294 e. The third-order valence-corrected chi connectivity index (χ3v) is 4.25. The summed E-state index contributed by atoms with van der Waals surface area (Å²) in [6, 6.07) is 15.6. The van der Waals surface area contributed by atoms with Crippen LogP contribution in [0, 0.1) is 5.82 Å². The van der Waals surface area contributed by atoms with Gasteiger partial charge in [0.25, 0.3) is 5.91 Å². The van der Waals surface area contributed by atoms with E-state index in [-0.39, 0.29) is 18.7 Å². The molecule has 0 fully saturated rings. The Hall–Kier alpha value is -3.12. The zero-order chi connectivity index (χ0) is 19.4. The monoisotopic (exact) mass is 386 g/mol. The summed E-state index contributed by atoms with van der Waals surface area (Å²) in [4.78, 5) is 25.4. The van der Waals surface area contributed by atoms with Crippen LogP contribution in [0.4, 0.5) is 10.1 Å². The van der Waals surface area contributed by atoms with Crippen LogP contribution in [0.2, 0.25) is 5.02 Å². The van der Waals surface area contributed by atoms with Gasteiger partial charge in [-0.3, -0.25) is 9.59 Å². The Kier molecular flexibility index (Phi) is 5.57. The van der Waals surface area contributed by atoms with E-state index in [9.17, 15) is 14.0 Å². The molecule has 0 radical (unpaired) electrons. The van der Waals surface area contributed by atoms with Crippen LogP contribution in [0.25, 0.3) is 11.3 Å². The second kappa shape index (κ2) is 8.05. The highest BCUT2D eigenvalue weighted by molar-refractivity contribution is 6.33. The second-order valence-electron chi connectivity index (χ2n) is 5.79. The van der Waals surface area contributed by atoms with Gasteiger partial charge in [0.2, 0.25) is 5.91 Å². The number of carbonyl (C=O) groups excluding carboxylic acids is 2. The molecule has 5 nitrogen and oxygen atoms in total. The first-order valence-electron chi connectivity index (χ1n) is 8.16. The van der Waals surface area contributed by atoms with Gasteiger partial charge in [-0.05, 0) is 48.5 Å². The van der Waals surface area contributed by atoms with E-state index in [4.69, 9.17) is 21.8 Å². The Morgan fingerprint density at radius 3 is 2.41 bits per heavy atom. The number of primary amides is 1. The van der Waals surface area contributed by atoms with Gasteiger partial charge in [-0.25, -0.2) is 4.39 Å². The largest absolute Gasteiger partial charge is 0.451 e. The van der Waals surface area contributed by atoms with Crippen LogP contribution in [0.1, 0.15) is 17.0 Å². The van der Waals surface area contributed by atoms with Gasteiger partial charge < -0.3 is 15.1 Å². The molecular weight excluding hydrogens is 371 g/mol. The quantitative estimate of drug-likeness (QED) is 0.687. The normalized spacial score (nSPS) is 10.6. The third kappa shape index (κ3) is 4.35. The van der Waals surface area contributed by atoms with Crippen LogP contribution in [-0.4, -0.2) is 18.4 Å². The van der Waals surface area contributed by atoms with Gasteiger partial charge in [0.15, 0.2) is 5.76 Å². The molecule has 0 saturated carbocycles. The number of rotatable bonds is 6. The van der Waals surface area contributed by atoms with Crippen LogP contribution in [0.15, 0.2) is 65.1 Å². The van der Waals surface area contributed by atoms with Crippen molar-refractivity contribution in [3.63, 3.8) is 0 Å². The summed E-state index contributed by atoms with van der Waals surface area (Å²) < 4.78 is 18.9. The summed E-state index contributed by atoms with van der Waals surface area (Å²) in [6.07, 6.45) is -0.0405. The maximum absolute atomic E-state index is 13.2. The van der Waals surface area contributed by atoms with Crippen molar-refractivity contribution >= 4 is 29.1 Å². The first-order valence-corrected chi connectivity index (χ1v) is 8.54. The van der Waals surface area contributed by atoms with E-state index in [1.54, 1.807) is 24.3 Å². The van der Waals surface area contributed by atoms with Crippen LogP contribution >= 0.6 is 11.6 Å². The van der Waals surface area contributed by atoms with Crippen molar-refractivity contribution in [1.82, 2.24) is 0 Å². The van der Waals surface area contributed by atoms with Crippen LogP contribution < -0.4 is 10.6 Å². The summed E-state index contributed by atoms with van der Waals surface area (Å²) in [5, 5.41) is 0.495. The Bertz CT molecular complexity index is 969. The van der Waals surface area contributed by atoms with Gasteiger partial charge in [0.05, 0.1) is 5.02 Å². The Balaban J connectivity index is 1.91. The Morgan fingerprint density at radius 1 is 1.04 bits per heavy atom. The molecule has 0 bridgehead atoms. The Morgan fingerprint density at radius 2 is 1.74 bits per heavy atom. The van der Waals surface area contributed by atoms with Gasteiger partial charge in [-0.1, -0.05) is 23.7 Å². The predicted octanol–water partition coefficient (Wildman–Crippen LogP) is 4.26. The van der Waals surface area contributed by atoms with Crippen molar-refractivity contribution in [3.8, 4) is 11.3 Å². The minimum absolute atomic E-state index is 0.0405. The first-order chi connectivity index (χ1) is 13.0. The minimum atomic E-state index is -0.550. The van der Waals surface area contributed by atoms with E-state index >= 15 is 0 Å². The smallest absolute Gasteiger partial charge is 0.294 e. The fourth-order valence-corrected chi connectivity index (χ4v) is 2.81. The molecule has 0 aliphatic carbocycles. The number of halogens is 2. The van der Waals surface area contributed by atoms with Crippen molar-refractivity contribution in [2.24, 2.45) is 5.73 Å². The van der Waals surface area contributed by atoms with Crippen molar-refractivity contribution < 1.29 is 18.4 Å². The number of furan rings is 1. The molecule has 0 unspecified atom stereocenters. The molecule has 27 heavy (non-hydrogen) atoms. The number of anilines is 1. The molecule has 2 aromatic carbocycles. The van der Waals surface area contributed by atoms with Crippen molar-refractivity contribution in [3.05, 3.63) is 77.3 Å². The van der Waals surface area contributed by atoms with E-state index in [1.807, 2.05) is 6.07 Å². The molecule has 0 saturated heterocycles. The maximum atomic E-state index is 13.2. The van der Waals surface area contributed by atoms with E-state index in [0.29, 0.717) is 22.0 Å². The standard InChI is InChI=1S/C20H16ClFN2O3/c21-16-4-2-1-3-15(16)17-9-10-18(27-17)20(26)24(12-11-19(23)25)14-7-5-13(22)6-8-14/h1-10H,11-12H2,(H2,23,25). The highest BCUT2D eigenvalue weighted by Crippen LogP contribution is 2.30. The summed E-state index contributed by atoms with van der Waals surface area (Å²) >= 11 is 6.16. The lowest BCUT2D eigenvalue weighted by Crippen LogP contribution is -2.33. The van der Waals surface area contributed by atoms with Crippen LogP contribution in [0.5, 0.6) is 0 Å². The van der Waals surface area contributed by atoms with Gasteiger partial charge in [-0.15, -0.1) is 0 Å². The molecular formula is C20H16ClFN2O3. The average molecular weight is 387 g/mol. The molecule has 1 heterocycles. The molecule has 138 valence electrons. The number of hydrogen-bond donors (Lipinski definition) is 1. The van der Waals surface area contributed by atoms with Gasteiger partial charge >= 0.3 is 0 Å². The molecule has 3 rings (SSSR count). The summed E-state index contributed by atoms with van der Waals surface area (Å²) in [6.45, 7) is 0.0436. The Labute approximate surface area is 160 Å². The fraction of sp³-hybridized carbons (Fsp3) is 0.100. The van der Waals surface area contributed by atoms with E-state index in [0.717, 1.165) is 0 Å². The highest BCUT2D eigenvalue weighted by atomic mass is 35.5. The third-order valence-electron chi connectivity index (χ3n) is 3.92. The zero-order valence-corrected chi connectivity index (χ0v) is 14.9. The van der Waals surface area contributed by atoms with Crippen LogP contribution in [0.3, 0.4) is 0 Å². The van der Waals surface area contributed by atoms with Gasteiger partial charge in [0.1, 0.15) is 11.6 Å². The molecule has 7 heteroatoms. The molecule has 1 aromatic heterocycles. The molecule has 0 atom stereocenters. The number of amides is 2. The SMILES string of the molecule is NC(=O)CCN(C(=O)c1ccc(-c2ccccc2Cl)o1)c1ccc(F)cc1. The van der Waals surface area contributed by atoms with E-state index in [1.165, 1.54) is 35.2 Å². The van der Waals surface area contributed by atoms with Crippen molar-refractivity contribution in [1.29, 1.82) is 0 Å². The van der Waals surface area contributed by atoms with E-state index < -0.39 is 17.6 Å². The number of nitrogens with two attached hydrogens (primary N) is 1. The van der Waals surface area contributed by atoms with E-state index in [2.05, 4.69) is 0 Å².